The fourth-order valence-corrected chi connectivity index (χ4v) is 2.73. The number of hydrogen-bond acceptors (Lipinski definition) is 1. The lowest BCUT2D eigenvalue weighted by atomic mass is 10.1. The van der Waals surface area contributed by atoms with E-state index < -0.39 is 0 Å². The molecule has 1 heteroatoms. The monoisotopic (exact) mass is 201 g/mol. The van der Waals surface area contributed by atoms with Gasteiger partial charge in [-0.2, -0.15) is 0 Å². The van der Waals surface area contributed by atoms with Crippen LogP contribution in [0.15, 0.2) is 18.2 Å². The second-order valence-electron chi connectivity index (χ2n) is 5.28. The average molecular weight is 201 g/mol. The van der Waals surface area contributed by atoms with Gasteiger partial charge < -0.3 is 5.32 Å². The lowest BCUT2D eigenvalue weighted by Crippen LogP contribution is -2.22. The van der Waals surface area contributed by atoms with Crippen molar-refractivity contribution in [3.63, 3.8) is 0 Å². The van der Waals surface area contributed by atoms with Crippen LogP contribution < -0.4 is 5.32 Å². The zero-order chi connectivity index (χ0) is 10.4. The third kappa shape index (κ3) is 1.69. The predicted octanol–water partition coefficient (Wildman–Crippen LogP) is 2.98. The summed E-state index contributed by atoms with van der Waals surface area (Å²) < 4.78 is 0. The first-order valence-corrected chi connectivity index (χ1v) is 6.09. The van der Waals surface area contributed by atoms with E-state index >= 15 is 0 Å². The number of rotatable bonds is 2. The fraction of sp³-hybridized carbons (Fsp3) is 0.571. The van der Waals surface area contributed by atoms with Gasteiger partial charge in [-0.1, -0.05) is 30.7 Å². The minimum Gasteiger partial charge on any atom is -0.307 e. The molecule has 1 saturated carbocycles. The van der Waals surface area contributed by atoms with Crippen LogP contribution in [-0.4, -0.2) is 6.04 Å². The van der Waals surface area contributed by atoms with Crippen molar-refractivity contribution in [1.82, 2.24) is 5.32 Å². The fourth-order valence-electron chi connectivity index (χ4n) is 2.73. The highest BCUT2D eigenvalue weighted by Crippen LogP contribution is 2.37. The number of benzene rings is 1. The molecule has 15 heavy (non-hydrogen) atoms. The first kappa shape index (κ1) is 9.41. The largest absolute Gasteiger partial charge is 0.307 e. The highest BCUT2D eigenvalue weighted by atomic mass is 15.0. The topological polar surface area (TPSA) is 12.0 Å². The Morgan fingerprint density at radius 3 is 2.87 bits per heavy atom. The van der Waals surface area contributed by atoms with Crippen LogP contribution in [0, 0.1) is 12.8 Å². The molecule has 3 unspecified atom stereocenters. The Morgan fingerprint density at radius 2 is 2.13 bits per heavy atom. The van der Waals surface area contributed by atoms with E-state index in [1.165, 1.54) is 24.8 Å². The Morgan fingerprint density at radius 1 is 1.33 bits per heavy atom. The first-order valence-electron chi connectivity index (χ1n) is 6.09. The van der Waals surface area contributed by atoms with E-state index in [0.717, 1.165) is 12.0 Å². The molecule has 0 heterocycles. The van der Waals surface area contributed by atoms with E-state index in [9.17, 15) is 0 Å². The Labute approximate surface area is 91.9 Å². The summed E-state index contributed by atoms with van der Waals surface area (Å²) in [4.78, 5) is 0. The second-order valence-corrected chi connectivity index (χ2v) is 5.28. The molecule has 2 aliphatic rings. The van der Waals surface area contributed by atoms with Crippen LogP contribution in [0.25, 0.3) is 0 Å². The molecule has 0 amide bonds. The standard InChI is InChI=1S/C14H19N/c1-9-3-5-12-11(7-9)4-6-13(12)15-14-8-10(14)2/h3,5,7,10,13-15H,4,6,8H2,1-2H3. The molecule has 80 valence electrons. The quantitative estimate of drug-likeness (QED) is 0.775. The van der Waals surface area contributed by atoms with Gasteiger partial charge in [-0.3, -0.25) is 0 Å². The molecule has 0 spiro atoms. The molecule has 0 aromatic heterocycles. The molecule has 0 radical (unpaired) electrons. The van der Waals surface area contributed by atoms with Crippen molar-refractivity contribution in [3.8, 4) is 0 Å². The molecule has 1 aromatic rings. The molecule has 3 rings (SSSR count). The van der Waals surface area contributed by atoms with Gasteiger partial charge in [0.25, 0.3) is 0 Å². The molecule has 1 aromatic carbocycles. The van der Waals surface area contributed by atoms with Crippen molar-refractivity contribution in [3.05, 3.63) is 34.9 Å². The van der Waals surface area contributed by atoms with Gasteiger partial charge in [-0.05, 0) is 43.2 Å². The summed E-state index contributed by atoms with van der Waals surface area (Å²) in [6.07, 6.45) is 3.93. The molecule has 2 aliphatic carbocycles. The molecule has 3 atom stereocenters. The van der Waals surface area contributed by atoms with Crippen LogP contribution >= 0.6 is 0 Å². The van der Waals surface area contributed by atoms with Crippen LogP contribution in [-0.2, 0) is 6.42 Å². The number of fused-ring (bicyclic) bond motifs is 1. The summed E-state index contributed by atoms with van der Waals surface area (Å²) >= 11 is 0. The van der Waals surface area contributed by atoms with E-state index in [1.54, 1.807) is 11.1 Å². The van der Waals surface area contributed by atoms with Gasteiger partial charge in [0.1, 0.15) is 0 Å². The first-order chi connectivity index (χ1) is 7.24. The number of nitrogens with one attached hydrogen (secondary N) is 1. The zero-order valence-electron chi connectivity index (χ0n) is 9.59. The van der Waals surface area contributed by atoms with Gasteiger partial charge >= 0.3 is 0 Å². The molecule has 1 nitrogen and oxygen atoms in total. The summed E-state index contributed by atoms with van der Waals surface area (Å²) in [5.74, 6) is 0.902. The van der Waals surface area contributed by atoms with Crippen LogP contribution in [0.1, 0.15) is 42.5 Å². The molecule has 1 N–H and O–H groups in total. The van der Waals surface area contributed by atoms with Gasteiger partial charge in [0.2, 0.25) is 0 Å². The lowest BCUT2D eigenvalue weighted by Gasteiger charge is -2.13. The van der Waals surface area contributed by atoms with Crippen LogP contribution in [0.5, 0.6) is 0 Å². The zero-order valence-corrected chi connectivity index (χ0v) is 9.59. The van der Waals surface area contributed by atoms with Crippen molar-refractivity contribution in [2.45, 2.75) is 45.2 Å². The highest BCUT2D eigenvalue weighted by molar-refractivity contribution is 5.37. The number of aryl methyl sites for hydroxylation is 2. The third-order valence-corrected chi connectivity index (χ3v) is 3.90. The Bertz CT molecular complexity index is 383. The maximum Gasteiger partial charge on any atom is 0.0328 e. The Balaban J connectivity index is 1.79. The van der Waals surface area contributed by atoms with Gasteiger partial charge in [-0.15, -0.1) is 0 Å². The Kier molecular flexibility index (Phi) is 2.10. The summed E-state index contributed by atoms with van der Waals surface area (Å²) in [5, 5.41) is 3.78. The van der Waals surface area contributed by atoms with Crippen molar-refractivity contribution in [2.24, 2.45) is 5.92 Å². The summed E-state index contributed by atoms with van der Waals surface area (Å²) in [5.41, 5.74) is 4.52. The van der Waals surface area contributed by atoms with Crippen molar-refractivity contribution in [1.29, 1.82) is 0 Å². The van der Waals surface area contributed by atoms with Gasteiger partial charge in [-0.25, -0.2) is 0 Å². The van der Waals surface area contributed by atoms with Crippen LogP contribution in [0.4, 0.5) is 0 Å². The van der Waals surface area contributed by atoms with Gasteiger partial charge in [0.15, 0.2) is 0 Å². The molecule has 0 bridgehead atoms. The average Bonchev–Trinajstić information content (AvgIpc) is 2.74. The minimum atomic E-state index is 0.635. The smallest absolute Gasteiger partial charge is 0.0328 e. The molecule has 0 saturated heterocycles. The normalized spacial score (nSPS) is 32.8. The van der Waals surface area contributed by atoms with E-state index in [-0.39, 0.29) is 0 Å². The molecular formula is C14H19N. The lowest BCUT2D eigenvalue weighted by molar-refractivity contribution is 0.513. The molecule has 0 aliphatic heterocycles. The summed E-state index contributed by atoms with van der Waals surface area (Å²) in [6, 6.07) is 8.35. The molecule has 1 fully saturated rings. The summed E-state index contributed by atoms with van der Waals surface area (Å²) in [6.45, 7) is 4.52. The van der Waals surface area contributed by atoms with E-state index in [1.807, 2.05) is 0 Å². The van der Waals surface area contributed by atoms with Gasteiger partial charge in [0, 0.05) is 12.1 Å². The maximum atomic E-state index is 3.78. The van der Waals surface area contributed by atoms with Crippen molar-refractivity contribution < 1.29 is 0 Å². The summed E-state index contributed by atoms with van der Waals surface area (Å²) in [7, 11) is 0. The predicted molar refractivity (Wildman–Crippen MR) is 62.9 cm³/mol. The minimum absolute atomic E-state index is 0.635. The maximum absolute atomic E-state index is 3.78. The van der Waals surface area contributed by atoms with E-state index in [4.69, 9.17) is 0 Å². The van der Waals surface area contributed by atoms with Crippen molar-refractivity contribution >= 4 is 0 Å². The van der Waals surface area contributed by atoms with Crippen LogP contribution in [0.2, 0.25) is 0 Å². The highest BCUT2D eigenvalue weighted by Gasteiger charge is 2.35. The van der Waals surface area contributed by atoms with E-state index in [0.29, 0.717) is 6.04 Å². The van der Waals surface area contributed by atoms with E-state index in [2.05, 4.69) is 37.4 Å². The third-order valence-electron chi connectivity index (χ3n) is 3.90. The van der Waals surface area contributed by atoms with Crippen LogP contribution in [0.3, 0.4) is 0 Å². The molecular weight excluding hydrogens is 182 g/mol. The number of hydrogen-bond donors (Lipinski definition) is 1. The van der Waals surface area contributed by atoms with Gasteiger partial charge in [0.05, 0.1) is 0 Å². The Hall–Kier alpha value is -0.820. The van der Waals surface area contributed by atoms with Crippen molar-refractivity contribution in [2.75, 3.05) is 0 Å². The SMILES string of the molecule is Cc1ccc2c(c1)CCC2NC1CC1C. The second kappa shape index (κ2) is 3.34.